The molecule has 1 aromatic rings. The van der Waals surface area contributed by atoms with E-state index in [0.717, 1.165) is 23.7 Å². The lowest BCUT2D eigenvalue weighted by Gasteiger charge is -2.11. The van der Waals surface area contributed by atoms with Gasteiger partial charge in [0, 0.05) is 5.75 Å². The van der Waals surface area contributed by atoms with Crippen LogP contribution in [-0.2, 0) is 9.53 Å². The first-order valence-electron chi connectivity index (χ1n) is 6.90. The maximum absolute atomic E-state index is 11.2. The summed E-state index contributed by atoms with van der Waals surface area (Å²) in [6.45, 7) is 6.73. The molecule has 20 heavy (non-hydrogen) atoms. The largest absolute Gasteiger partial charge is 0.493 e. The fourth-order valence-corrected chi connectivity index (χ4v) is 2.71. The summed E-state index contributed by atoms with van der Waals surface area (Å²) in [6, 6.07) is 6.24. The molecule has 1 rings (SSSR count). The van der Waals surface area contributed by atoms with Gasteiger partial charge in [-0.2, -0.15) is 11.8 Å². The van der Waals surface area contributed by atoms with Gasteiger partial charge in [-0.15, -0.1) is 0 Å². The highest BCUT2D eigenvalue weighted by Gasteiger charge is 2.12. The molecular formula is C16H24O3S. The van der Waals surface area contributed by atoms with Crippen LogP contribution in [0.4, 0.5) is 0 Å². The third kappa shape index (κ3) is 5.87. The van der Waals surface area contributed by atoms with E-state index in [0.29, 0.717) is 6.61 Å². The van der Waals surface area contributed by atoms with Crippen molar-refractivity contribution in [3.63, 3.8) is 0 Å². The summed E-state index contributed by atoms with van der Waals surface area (Å²) in [7, 11) is 1.43. The van der Waals surface area contributed by atoms with Crippen LogP contribution in [0.5, 0.6) is 5.75 Å². The van der Waals surface area contributed by atoms with E-state index in [1.165, 1.54) is 18.2 Å². The molecule has 3 nitrogen and oxygen atoms in total. The molecule has 4 heteroatoms. The molecule has 0 spiro atoms. The van der Waals surface area contributed by atoms with E-state index < -0.39 is 0 Å². The van der Waals surface area contributed by atoms with E-state index in [1.807, 2.05) is 6.92 Å². The molecule has 0 fully saturated rings. The average molecular weight is 296 g/mol. The minimum Gasteiger partial charge on any atom is -0.493 e. The van der Waals surface area contributed by atoms with Gasteiger partial charge in [0.2, 0.25) is 0 Å². The Morgan fingerprint density at radius 2 is 2.10 bits per heavy atom. The van der Waals surface area contributed by atoms with Crippen molar-refractivity contribution in [2.45, 2.75) is 27.2 Å². The lowest BCUT2D eigenvalue weighted by atomic mass is 10.1. The number of thioether (sulfide) groups is 1. The SMILES string of the molecule is COC(=O)C(C)CSCCCOc1cc(C)ccc1C. The topological polar surface area (TPSA) is 35.5 Å². The van der Waals surface area contributed by atoms with E-state index in [1.54, 1.807) is 11.8 Å². The number of ether oxygens (including phenoxy) is 2. The maximum atomic E-state index is 11.2. The predicted molar refractivity (Wildman–Crippen MR) is 84.5 cm³/mol. The van der Waals surface area contributed by atoms with Gasteiger partial charge in [0.15, 0.2) is 0 Å². The summed E-state index contributed by atoms with van der Waals surface area (Å²) in [6.07, 6.45) is 0.978. The monoisotopic (exact) mass is 296 g/mol. The molecule has 0 saturated carbocycles. The fourth-order valence-electron chi connectivity index (χ4n) is 1.74. The van der Waals surface area contributed by atoms with Crippen LogP contribution >= 0.6 is 11.8 Å². The van der Waals surface area contributed by atoms with Crippen LogP contribution < -0.4 is 4.74 Å². The lowest BCUT2D eigenvalue weighted by Crippen LogP contribution is -2.15. The Morgan fingerprint density at radius 3 is 2.80 bits per heavy atom. The van der Waals surface area contributed by atoms with Gasteiger partial charge in [-0.25, -0.2) is 0 Å². The van der Waals surface area contributed by atoms with Crippen molar-refractivity contribution in [1.29, 1.82) is 0 Å². The molecule has 0 bridgehead atoms. The van der Waals surface area contributed by atoms with E-state index in [-0.39, 0.29) is 11.9 Å². The zero-order valence-corrected chi connectivity index (χ0v) is 13.6. The number of carbonyl (C=O) groups excluding carboxylic acids is 1. The molecule has 0 radical (unpaired) electrons. The third-order valence-electron chi connectivity index (χ3n) is 3.01. The Kier molecular flexibility index (Phi) is 7.52. The van der Waals surface area contributed by atoms with Crippen LogP contribution in [0.3, 0.4) is 0 Å². The van der Waals surface area contributed by atoms with Gasteiger partial charge in [-0.1, -0.05) is 19.1 Å². The van der Waals surface area contributed by atoms with Gasteiger partial charge in [-0.05, 0) is 43.2 Å². The van der Waals surface area contributed by atoms with Gasteiger partial charge in [0.05, 0.1) is 19.6 Å². The highest BCUT2D eigenvalue weighted by atomic mass is 32.2. The third-order valence-corrected chi connectivity index (χ3v) is 4.32. The fraction of sp³-hybridized carbons (Fsp3) is 0.562. The molecule has 1 atom stereocenters. The number of aryl methyl sites for hydroxylation is 2. The average Bonchev–Trinajstić information content (AvgIpc) is 2.44. The molecule has 1 unspecified atom stereocenters. The first-order valence-corrected chi connectivity index (χ1v) is 8.05. The number of rotatable bonds is 8. The maximum Gasteiger partial charge on any atom is 0.309 e. The van der Waals surface area contributed by atoms with E-state index >= 15 is 0 Å². The van der Waals surface area contributed by atoms with Gasteiger partial charge in [0.1, 0.15) is 5.75 Å². The van der Waals surface area contributed by atoms with E-state index in [4.69, 9.17) is 9.47 Å². The van der Waals surface area contributed by atoms with Gasteiger partial charge in [-0.3, -0.25) is 4.79 Å². The molecule has 0 N–H and O–H groups in total. The standard InChI is InChI=1S/C16H24O3S/c1-12-6-7-13(2)15(10-12)19-8-5-9-20-11-14(3)16(17)18-4/h6-7,10,14H,5,8-9,11H2,1-4H3. The Labute approximate surface area is 126 Å². The van der Waals surface area contributed by atoms with Gasteiger partial charge < -0.3 is 9.47 Å². The lowest BCUT2D eigenvalue weighted by molar-refractivity contribution is -0.143. The smallest absolute Gasteiger partial charge is 0.309 e. The molecule has 112 valence electrons. The number of hydrogen-bond donors (Lipinski definition) is 0. The first kappa shape index (κ1) is 16.9. The van der Waals surface area contributed by atoms with Crippen molar-refractivity contribution in [2.75, 3.05) is 25.2 Å². The first-order chi connectivity index (χ1) is 9.54. The summed E-state index contributed by atoms with van der Waals surface area (Å²) in [4.78, 5) is 11.2. The van der Waals surface area contributed by atoms with Crippen LogP contribution in [0.2, 0.25) is 0 Å². The Balaban J connectivity index is 2.16. The van der Waals surface area contributed by atoms with Gasteiger partial charge in [0.25, 0.3) is 0 Å². The second-order valence-electron chi connectivity index (χ2n) is 4.97. The van der Waals surface area contributed by atoms with Gasteiger partial charge >= 0.3 is 5.97 Å². The number of methoxy groups -OCH3 is 1. The predicted octanol–water partition coefficient (Wildman–Crippen LogP) is 3.61. The second-order valence-corrected chi connectivity index (χ2v) is 6.12. The van der Waals surface area contributed by atoms with E-state index in [9.17, 15) is 4.79 Å². The summed E-state index contributed by atoms with van der Waals surface area (Å²) in [5.74, 6) is 2.59. The molecular weight excluding hydrogens is 272 g/mol. The van der Waals surface area contributed by atoms with Crippen LogP contribution in [0.15, 0.2) is 18.2 Å². The summed E-state index contributed by atoms with van der Waals surface area (Å²) < 4.78 is 10.5. The minimum absolute atomic E-state index is 0.0371. The summed E-state index contributed by atoms with van der Waals surface area (Å²) in [5.41, 5.74) is 2.38. The normalized spacial score (nSPS) is 12.0. The second kappa shape index (κ2) is 8.90. The van der Waals surface area contributed by atoms with Crippen molar-refractivity contribution in [3.8, 4) is 5.75 Å². The number of hydrogen-bond acceptors (Lipinski definition) is 4. The summed E-state index contributed by atoms with van der Waals surface area (Å²) in [5, 5.41) is 0. The van der Waals surface area contributed by atoms with Crippen molar-refractivity contribution < 1.29 is 14.3 Å². The molecule has 0 aliphatic rings. The van der Waals surface area contributed by atoms with Crippen molar-refractivity contribution in [3.05, 3.63) is 29.3 Å². The highest BCUT2D eigenvalue weighted by Crippen LogP contribution is 2.19. The van der Waals surface area contributed by atoms with E-state index in [2.05, 4.69) is 32.0 Å². The molecule has 0 aliphatic heterocycles. The Morgan fingerprint density at radius 1 is 1.35 bits per heavy atom. The minimum atomic E-state index is -0.135. The number of carbonyl (C=O) groups is 1. The quantitative estimate of drug-likeness (QED) is 0.542. The zero-order valence-electron chi connectivity index (χ0n) is 12.8. The Bertz CT molecular complexity index is 432. The van der Waals surface area contributed by atoms with Crippen LogP contribution in [0.1, 0.15) is 24.5 Å². The van der Waals surface area contributed by atoms with Crippen LogP contribution in [0.25, 0.3) is 0 Å². The van der Waals surface area contributed by atoms with Crippen molar-refractivity contribution in [1.82, 2.24) is 0 Å². The zero-order chi connectivity index (χ0) is 15.0. The van der Waals surface area contributed by atoms with Crippen LogP contribution in [-0.4, -0.2) is 31.2 Å². The molecule has 0 saturated heterocycles. The Hall–Kier alpha value is -1.16. The highest BCUT2D eigenvalue weighted by molar-refractivity contribution is 7.99. The molecule has 1 aromatic carbocycles. The number of benzene rings is 1. The molecule has 0 heterocycles. The number of esters is 1. The van der Waals surface area contributed by atoms with Crippen molar-refractivity contribution in [2.24, 2.45) is 5.92 Å². The molecule has 0 amide bonds. The van der Waals surface area contributed by atoms with Crippen molar-refractivity contribution >= 4 is 17.7 Å². The molecule has 0 aliphatic carbocycles. The van der Waals surface area contributed by atoms with Crippen LogP contribution in [0, 0.1) is 19.8 Å². The summed E-state index contributed by atoms with van der Waals surface area (Å²) >= 11 is 1.77. The molecule has 0 aromatic heterocycles.